The molecule has 5 heteroatoms. The van der Waals surface area contributed by atoms with Gasteiger partial charge in [0.05, 0.1) is 17.3 Å². The molecule has 1 aromatic carbocycles. The Morgan fingerprint density at radius 1 is 1.04 bits per heavy atom. The number of rotatable bonds is 6. The Morgan fingerprint density at radius 2 is 1.79 bits per heavy atom. The summed E-state index contributed by atoms with van der Waals surface area (Å²) >= 11 is 0. The number of pyridine rings is 1. The summed E-state index contributed by atoms with van der Waals surface area (Å²) in [6.45, 7) is 6.72. The van der Waals surface area contributed by atoms with Crippen LogP contribution < -0.4 is 5.32 Å². The first-order chi connectivity index (χ1) is 10.9. The third kappa shape index (κ3) is 5.32. The van der Waals surface area contributed by atoms with Crippen LogP contribution in [0.2, 0.25) is 0 Å². The minimum Gasteiger partial charge on any atom is -0.314 e. The number of aromatic nitrogens is 1. The minimum absolute atomic E-state index is 0. The molecule has 0 saturated carbocycles. The molecule has 0 amide bonds. The topological polar surface area (TPSA) is 28.2 Å². The lowest BCUT2D eigenvalue weighted by Gasteiger charge is -2.34. The highest BCUT2D eigenvalue weighted by Gasteiger charge is 2.22. The van der Waals surface area contributed by atoms with E-state index in [1.165, 1.54) is 36.8 Å². The highest BCUT2D eigenvalue weighted by molar-refractivity contribution is 5.85. The van der Waals surface area contributed by atoms with Crippen LogP contribution in [0.5, 0.6) is 0 Å². The van der Waals surface area contributed by atoms with Crippen molar-refractivity contribution in [2.45, 2.75) is 38.6 Å². The van der Waals surface area contributed by atoms with Crippen molar-refractivity contribution in [1.29, 1.82) is 0 Å². The molecule has 2 aromatic rings. The molecule has 3 nitrogen and oxygen atoms in total. The van der Waals surface area contributed by atoms with Crippen molar-refractivity contribution in [3.05, 3.63) is 42.1 Å². The summed E-state index contributed by atoms with van der Waals surface area (Å²) in [4.78, 5) is 7.58. The van der Waals surface area contributed by atoms with Crippen molar-refractivity contribution < 1.29 is 0 Å². The average Bonchev–Trinajstić information content (AvgIpc) is 2.59. The molecule has 24 heavy (non-hydrogen) atoms. The highest BCUT2D eigenvalue weighted by atomic mass is 35.5. The van der Waals surface area contributed by atoms with Gasteiger partial charge >= 0.3 is 0 Å². The third-order valence-electron chi connectivity index (χ3n) is 4.63. The molecule has 1 saturated heterocycles. The molecular formula is C19H29Cl2N3. The summed E-state index contributed by atoms with van der Waals surface area (Å²) in [7, 11) is 0. The first-order valence-electron chi connectivity index (χ1n) is 8.69. The molecule has 0 spiro atoms. The molecule has 2 heterocycles. The van der Waals surface area contributed by atoms with Crippen LogP contribution in [0.3, 0.4) is 0 Å². The van der Waals surface area contributed by atoms with Gasteiger partial charge in [-0.3, -0.25) is 9.88 Å². The molecule has 3 rings (SSSR count). The van der Waals surface area contributed by atoms with E-state index >= 15 is 0 Å². The Morgan fingerprint density at radius 3 is 2.54 bits per heavy atom. The Kier molecular flexibility index (Phi) is 9.60. The second-order valence-corrected chi connectivity index (χ2v) is 6.23. The van der Waals surface area contributed by atoms with Crippen LogP contribution in [0.4, 0.5) is 0 Å². The second kappa shape index (κ2) is 10.9. The minimum atomic E-state index is 0. The smallest absolute Gasteiger partial charge is 0.0706 e. The Balaban J connectivity index is 0.00000144. The van der Waals surface area contributed by atoms with Gasteiger partial charge in [0.2, 0.25) is 0 Å². The van der Waals surface area contributed by atoms with Crippen LogP contribution >= 0.6 is 24.8 Å². The second-order valence-electron chi connectivity index (χ2n) is 6.23. The van der Waals surface area contributed by atoms with Crippen LogP contribution in [-0.4, -0.2) is 36.1 Å². The number of hydrogen-bond acceptors (Lipinski definition) is 3. The van der Waals surface area contributed by atoms with Crippen molar-refractivity contribution in [3.63, 3.8) is 0 Å². The number of hydrogen-bond donors (Lipinski definition) is 1. The maximum atomic E-state index is 4.97. The molecule has 1 N–H and O–H groups in total. The summed E-state index contributed by atoms with van der Waals surface area (Å²) in [6, 6.07) is 13.4. The number of piperazine rings is 1. The maximum Gasteiger partial charge on any atom is 0.0706 e. The number of fused-ring (bicyclic) bond motifs is 1. The van der Waals surface area contributed by atoms with Gasteiger partial charge in [0, 0.05) is 31.6 Å². The van der Waals surface area contributed by atoms with Gasteiger partial charge in [0.25, 0.3) is 0 Å². The fourth-order valence-electron chi connectivity index (χ4n) is 3.37. The zero-order valence-electron chi connectivity index (χ0n) is 14.4. The quantitative estimate of drug-likeness (QED) is 0.753. The summed E-state index contributed by atoms with van der Waals surface area (Å²) in [6.07, 6.45) is 5.11. The summed E-state index contributed by atoms with van der Waals surface area (Å²) in [5.74, 6) is 0. The van der Waals surface area contributed by atoms with Crippen LogP contribution in [0.15, 0.2) is 36.4 Å². The Bertz CT molecular complexity index is 600. The van der Waals surface area contributed by atoms with Gasteiger partial charge in [-0.05, 0) is 18.6 Å². The lowest BCUT2D eigenvalue weighted by Crippen LogP contribution is -2.45. The number of benzene rings is 1. The monoisotopic (exact) mass is 369 g/mol. The average molecular weight is 370 g/mol. The largest absolute Gasteiger partial charge is 0.314 e. The molecule has 0 radical (unpaired) electrons. The maximum absolute atomic E-state index is 4.97. The van der Waals surface area contributed by atoms with Crippen molar-refractivity contribution in [2.24, 2.45) is 0 Å². The predicted molar refractivity (Wildman–Crippen MR) is 108 cm³/mol. The van der Waals surface area contributed by atoms with E-state index in [4.69, 9.17) is 4.98 Å². The highest BCUT2D eigenvalue weighted by Crippen LogP contribution is 2.27. The molecular weight excluding hydrogens is 341 g/mol. The van der Waals surface area contributed by atoms with Gasteiger partial charge < -0.3 is 5.32 Å². The fraction of sp³-hybridized carbons (Fsp3) is 0.526. The molecule has 0 aliphatic carbocycles. The number of unbranched alkanes of at least 4 members (excludes halogenated alkanes) is 2. The molecule has 1 aliphatic rings. The molecule has 1 aromatic heterocycles. The van der Waals surface area contributed by atoms with Crippen molar-refractivity contribution in [3.8, 4) is 0 Å². The summed E-state index contributed by atoms with van der Waals surface area (Å²) in [5, 5.41) is 4.69. The van der Waals surface area contributed by atoms with Gasteiger partial charge in [-0.15, -0.1) is 24.8 Å². The normalized spacial score (nSPS) is 16.2. The Labute approximate surface area is 158 Å². The standard InChI is InChI=1S/C19H27N3.2ClH/c1-2-3-4-9-19(22-14-12-20-13-15-22)18-11-10-16-7-5-6-8-17(16)21-18;;/h5-8,10-11,19-20H,2-4,9,12-15H2,1H3;2*1H/t19-;;/m1../s1. The third-order valence-corrected chi connectivity index (χ3v) is 4.63. The summed E-state index contributed by atoms with van der Waals surface area (Å²) in [5.41, 5.74) is 2.37. The zero-order valence-corrected chi connectivity index (χ0v) is 16.0. The van der Waals surface area contributed by atoms with Gasteiger partial charge in [0.1, 0.15) is 0 Å². The molecule has 1 fully saturated rings. The summed E-state index contributed by atoms with van der Waals surface area (Å²) < 4.78 is 0. The SMILES string of the molecule is CCCCC[C@H](c1ccc2ccccc2n1)N1CCNCC1.Cl.Cl. The number of nitrogens with one attached hydrogen (secondary N) is 1. The van der Waals surface area contributed by atoms with E-state index in [0.717, 1.165) is 31.7 Å². The van der Waals surface area contributed by atoms with E-state index in [2.05, 4.69) is 53.5 Å². The van der Waals surface area contributed by atoms with E-state index in [9.17, 15) is 0 Å². The van der Waals surface area contributed by atoms with Gasteiger partial charge in [-0.1, -0.05) is 50.5 Å². The molecule has 1 aliphatic heterocycles. The van der Waals surface area contributed by atoms with Gasteiger partial charge in [0.15, 0.2) is 0 Å². The van der Waals surface area contributed by atoms with E-state index < -0.39 is 0 Å². The van der Waals surface area contributed by atoms with Gasteiger partial charge in [-0.25, -0.2) is 0 Å². The number of halogens is 2. The molecule has 0 bridgehead atoms. The van der Waals surface area contributed by atoms with Crippen molar-refractivity contribution in [2.75, 3.05) is 26.2 Å². The van der Waals surface area contributed by atoms with E-state index in [0.29, 0.717) is 6.04 Å². The van der Waals surface area contributed by atoms with E-state index in [1.54, 1.807) is 0 Å². The molecule has 134 valence electrons. The molecule has 1 atom stereocenters. The van der Waals surface area contributed by atoms with Crippen LogP contribution in [0.25, 0.3) is 10.9 Å². The zero-order chi connectivity index (χ0) is 15.2. The van der Waals surface area contributed by atoms with Crippen LogP contribution in [0.1, 0.15) is 44.3 Å². The van der Waals surface area contributed by atoms with Crippen LogP contribution in [-0.2, 0) is 0 Å². The van der Waals surface area contributed by atoms with Crippen LogP contribution in [0, 0.1) is 0 Å². The van der Waals surface area contributed by atoms with Gasteiger partial charge in [-0.2, -0.15) is 0 Å². The Hall–Kier alpha value is -0.870. The lowest BCUT2D eigenvalue weighted by atomic mass is 10.0. The van der Waals surface area contributed by atoms with Crippen molar-refractivity contribution in [1.82, 2.24) is 15.2 Å². The molecule has 0 unspecified atom stereocenters. The lowest BCUT2D eigenvalue weighted by molar-refractivity contribution is 0.160. The fourth-order valence-corrected chi connectivity index (χ4v) is 3.37. The van der Waals surface area contributed by atoms with E-state index in [-0.39, 0.29) is 24.8 Å². The first-order valence-corrected chi connectivity index (χ1v) is 8.69. The number of para-hydroxylation sites is 1. The predicted octanol–water partition coefficient (Wildman–Crippen LogP) is 4.61. The van der Waals surface area contributed by atoms with E-state index in [1.807, 2.05) is 0 Å². The van der Waals surface area contributed by atoms with Crippen molar-refractivity contribution >= 4 is 35.7 Å². The first kappa shape index (κ1) is 21.2. The number of nitrogens with zero attached hydrogens (tertiary/aromatic N) is 2.